The predicted octanol–water partition coefficient (Wildman–Crippen LogP) is 5.92. The number of hydrogen-bond acceptors (Lipinski definition) is 6. The Morgan fingerprint density at radius 2 is 1.62 bits per heavy atom. The van der Waals surface area contributed by atoms with Gasteiger partial charge in [-0.1, -0.05) is 40.2 Å². The minimum absolute atomic E-state index is 0.0647. The number of aromatic carboxylic acids is 1. The molecule has 0 aliphatic carbocycles. The molecule has 3 aromatic carbocycles. The lowest BCUT2D eigenvalue weighted by atomic mass is 10.1. The lowest BCUT2D eigenvalue weighted by molar-refractivity contribution is -0.385. The molecule has 7 nitrogen and oxygen atoms in total. The second kappa shape index (κ2) is 10.3. The number of thioether (sulfide) groups is 1. The molecule has 0 atom stereocenters. The zero-order valence-electron chi connectivity index (χ0n) is 16.4. The second-order valence-corrected chi connectivity index (χ2v) is 8.57. The van der Waals surface area contributed by atoms with Gasteiger partial charge in [0.05, 0.1) is 15.4 Å². The molecule has 3 aromatic rings. The highest BCUT2D eigenvalue weighted by Gasteiger charge is 2.17. The van der Waals surface area contributed by atoms with Gasteiger partial charge in [-0.25, -0.2) is 4.79 Å². The van der Waals surface area contributed by atoms with Crippen LogP contribution >= 0.6 is 27.7 Å². The van der Waals surface area contributed by atoms with Gasteiger partial charge >= 0.3 is 11.7 Å². The molecule has 0 saturated heterocycles. The van der Waals surface area contributed by atoms with Crippen molar-refractivity contribution < 1.29 is 24.7 Å². The van der Waals surface area contributed by atoms with Crippen molar-refractivity contribution in [2.24, 2.45) is 0 Å². The monoisotopic (exact) mass is 513 g/mol. The number of carbonyl (C=O) groups is 2. The molecule has 162 valence electrons. The number of ketones is 1. The van der Waals surface area contributed by atoms with E-state index in [0.717, 1.165) is 10.0 Å². The minimum Gasteiger partial charge on any atom is -0.502 e. The third-order valence-corrected chi connectivity index (χ3v) is 6.04. The normalized spacial score (nSPS) is 11.2. The summed E-state index contributed by atoms with van der Waals surface area (Å²) in [7, 11) is 0. The number of nitro benzene ring substituents is 1. The zero-order chi connectivity index (χ0) is 23.3. The molecule has 0 aliphatic rings. The number of carboxylic acids is 1. The van der Waals surface area contributed by atoms with E-state index in [1.54, 1.807) is 6.08 Å². The van der Waals surface area contributed by atoms with Crippen molar-refractivity contribution in [3.8, 4) is 5.75 Å². The van der Waals surface area contributed by atoms with Crippen molar-refractivity contribution in [2.75, 3.05) is 0 Å². The molecule has 32 heavy (non-hydrogen) atoms. The summed E-state index contributed by atoms with van der Waals surface area (Å²) in [4.78, 5) is 34.8. The molecule has 9 heteroatoms. The Hall–Kier alpha value is -3.43. The van der Waals surface area contributed by atoms with Gasteiger partial charge in [0, 0.05) is 21.9 Å². The van der Waals surface area contributed by atoms with Gasteiger partial charge in [-0.15, -0.1) is 11.8 Å². The van der Waals surface area contributed by atoms with Crippen LogP contribution in [-0.2, 0) is 5.75 Å². The molecule has 0 bridgehead atoms. The summed E-state index contributed by atoms with van der Waals surface area (Å²) in [5.74, 6) is -1.44. The van der Waals surface area contributed by atoms with E-state index in [0.29, 0.717) is 21.8 Å². The molecule has 2 N–H and O–H groups in total. The summed E-state index contributed by atoms with van der Waals surface area (Å²) in [6, 6.07) is 17.0. The van der Waals surface area contributed by atoms with Gasteiger partial charge in [0.1, 0.15) is 0 Å². The molecule has 0 aromatic heterocycles. The third-order valence-electron chi connectivity index (χ3n) is 4.42. The Morgan fingerprint density at radius 1 is 1.00 bits per heavy atom. The van der Waals surface area contributed by atoms with Crippen LogP contribution in [0.25, 0.3) is 6.08 Å². The maximum atomic E-state index is 13.2. The van der Waals surface area contributed by atoms with E-state index in [2.05, 4.69) is 15.9 Å². The molecule has 0 spiro atoms. The first-order valence-corrected chi connectivity index (χ1v) is 11.0. The Balaban J connectivity index is 1.94. The van der Waals surface area contributed by atoms with Crippen LogP contribution in [0.15, 0.2) is 76.1 Å². The fourth-order valence-electron chi connectivity index (χ4n) is 2.76. The van der Waals surface area contributed by atoms with Gasteiger partial charge in [-0.05, 0) is 53.6 Å². The largest absolute Gasteiger partial charge is 0.502 e. The molecule has 0 heterocycles. The van der Waals surface area contributed by atoms with E-state index in [-0.39, 0.29) is 11.3 Å². The minimum atomic E-state index is -1.09. The Bertz CT molecular complexity index is 1210. The highest BCUT2D eigenvalue weighted by molar-refractivity contribution is 9.10. The average molecular weight is 514 g/mol. The Morgan fingerprint density at radius 3 is 2.19 bits per heavy atom. The van der Waals surface area contributed by atoms with Gasteiger partial charge < -0.3 is 10.2 Å². The van der Waals surface area contributed by atoms with Crippen LogP contribution in [0.5, 0.6) is 5.75 Å². The fourth-order valence-corrected chi connectivity index (χ4v) is 4.00. The Kier molecular flexibility index (Phi) is 7.45. The zero-order valence-corrected chi connectivity index (χ0v) is 18.8. The number of nitrogens with zero attached hydrogens (tertiary/aromatic N) is 1. The van der Waals surface area contributed by atoms with Crippen molar-refractivity contribution in [2.45, 2.75) is 5.75 Å². The van der Waals surface area contributed by atoms with Crippen LogP contribution in [0.2, 0.25) is 0 Å². The SMILES string of the molecule is O=C(O)c1ccc(C(=O)/C(=C\c2ccc([N+](=O)[O-])c(O)c2)SCc2ccc(Br)cc2)cc1. The molecule has 0 unspecified atom stereocenters. The number of allylic oxidation sites excluding steroid dienone is 1. The number of phenolic OH excluding ortho intramolecular Hbond substituents is 1. The molecular weight excluding hydrogens is 498 g/mol. The summed E-state index contributed by atoms with van der Waals surface area (Å²) < 4.78 is 0.929. The average Bonchev–Trinajstić information content (AvgIpc) is 2.77. The first kappa shape index (κ1) is 23.2. The van der Waals surface area contributed by atoms with Gasteiger partial charge in [-0.2, -0.15) is 0 Å². The number of carbonyl (C=O) groups excluding carboxylic acids is 1. The van der Waals surface area contributed by atoms with Crippen LogP contribution in [0.4, 0.5) is 5.69 Å². The number of benzene rings is 3. The summed E-state index contributed by atoms with van der Waals surface area (Å²) in [5.41, 5.74) is 1.33. The highest BCUT2D eigenvalue weighted by atomic mass is 79.9. The van der Waals surface area contributed by atoms with Gasteiger partial charge in [0.15, 0.2) is 11.5 Å². The number of phenols is 1. The standard InChI is InChI=1S/C23H16BrNO6S/c24-18-8-1-14(2-9-18)13-32-21(12-15-3-10-19(25(30)31)20(26)11-15)22(27)16-4-6-17(7-5-16)23(28)29/h1-12,26H,13H2,(H,28,29)/b21-12+. The van der Waals surface area contributed by atoms with Crippen molar-refractivity contribution in [3.05, 3.63) is 108 Å². The number of halogens is 1. The number of hydrogen-bond donors (Lipinski definition) is 2. The lowest BCUT2D eigenvalue weighted by Gasteiger charge is -2.09. The van der Waals surface area contributed by atoms with E-state index in [1.165, 1.54) is 54.2 Å². The maximum Gasteiger partial charge on any atom is 0.335 e. The van der Waals surface area contributed by atoms with Gasteiger partial charge in [0.2, 0.25) is 0 Å². The van der Waals surface area contributed by atoms with Gasteiger partial charge in [-0.3, -0.25) is 14.9 Å². The smallest absolute Gasteiger partial charge is 0.335 e. The van der Waals surface area contributed by atoms with E-state index >= 15 is 0 Å². The summed E-state index contributed by atoms with van der Waals surface area (Å²) in [5, 5.41) is 29.9. The van der Waals surface area contributed by atoms with E-state index in [9.17, 15) is 24.8 Å². The summed E-state index contributed by atoms with van der Waals surface area (Å²) >= 11 is 4.65. The number of nitro groups is 1. The third kappa shape index (κ3) is 5.83. The number of Topliss-reactive ketones (excluding diaryl/α,β-unsaturated/α-hetero) is 1. The second-order valence-electron chi connectivity index (χ2n) is 6.64. The van der Waals surface area contributed by atoms with Crippen molar-refractivity contribution in [3.63, 3.8) is 0 Å². The van der Waals surface area contributed by atoms with Crippen molar-refractivity contribution in [1.29, 1.82) is 0 Å². The van der Waals surface area contributed by atoms with Crippen LogP contribution in [0, 0.1) is 10.1 Å². The van der Waals surface area contributed by atoms with E-state index < -0.39 is 22.3 Å². The lowest BCUT2D eigenvalue weighted by Crippen LogP contribution is -2.03. The molecule has 3 rings (SSSR count). The first-order valence-electron chi connectivity index (χ1n) is 9.19. The van der Waals surface area contributed by atoms with E-state index in [1.807, 2.05) is 24.3 Å². The van der Waals surface area contributed by atoms with Crippen LogP contribution in [-0.4, -0.2) is 26.9 Å². The molecule has 0 amide bonds. The number of aromatic hydroxyl groups is 1. The number of carboxylic acid groups (broad SMARTS) is 1. The summed E-state index contributed by atoms with van der Waals surface area (Å²) in [6.07, 6.45) is 1.54. The van der Waals surface area contributed by atoms with Crippen molar-refractivity contribution >= 4 is 51.2 Å². The van der Waals surface area contributed by atoms with Crippen LogP contribution in [0.1, 0.15) is 31.8 Å². The van der Waals surface area contributed by atoms with Crippen LogP contribution in [0.3, 0.4) is 0 Å². The molecule has 0 aliphatic heterocycles. The van der Waals surface area contributed by atoms with Crippen molar-refractivity contribution in [1.82, 2.24) is 0 Å². The molecule has 0 saturated carbocycles. The molecular formula is C23H16BrNO6S. The highest BCUT2D eigenvalue weighted by Crippen LogP contribution is 2.31. The Labute approximate surface area is 195 Å². The van der Waals surface area contributed by atoms with E-state index in [4.69, 9.17) is 5.11 Å². The molecule has 0 fully saturated rings. The number of rotatable bonds is 8. The summed E-state index contributed by atoms with van der Waals surface area (Å²) in [6.45, 7) is 0. The van der Waals surface area contributed by atoms with Crippen LogP contribution < -0.4 is 0 Å². The molecule has 0 radical (unpaired) electrons. The fraction of sp³-hybridized carbons (Fsp3) is 0.0435. The topological polar surface area (TPSA) is 118 Å². The maximum absolute atomic E-state index is 13.2. The van der Waals surface area contributed by atoms with Gasteiger partial charge in [0.25, 0.3) is 0 Å². The first-order chi connectivity index (χ1) is 15.2. The predicted molar refractivity (Wildman–Crippen MR) is 126 cm³/mol. The quantitative estimate of drug-likeness (QED) is 0.166.